The fourth-order valence-corrected chi connectivity index (χ4v) is 9.56. The van der Waals surface area contributed by atoms with Crippen LogP contribution in [-0.2, 0) is 12.8 Å². The Bertz CT molecular complexity index is 2950. The Labute approximate surface area is 305 Å². The molecule has 52 heavy (non-hydrogen) atoms. The molecule has 0 N–H and O–H groups in total. The normalized spacial score (nSPS) is 13.7. The Balaban J connectivity index is 1.10. The second-order valence-corrected chi connectivity index (χ2v) is 15.0. The molecule has 0 spiro atoms. The van der Waals surface area contributed by atoms with E-state index in [1.807, 2.05) is 17.4 Å². The Kier molecular flexibility index (Phi) is 6.68. The van der Waals surface area contributed by atoms with Crippen LogP contribution in [0, 0.1) is 0 Å². The van der Waals surface area contributed by atoms with Crippen LogP contribution in [0.4, 0.5) is 0 Å². The summed E-state index contributed by atoms with van der Waals surface area (Å²) in [5.41, 5.74) is 14.4. The van der Waals surface area contributed by atoms with Crippen molar-refractivity contribution >= 4 is 66.4 Å². The molecule has 0 atom stereocenters. The van der Waals surface area contributed by atoms with Crippen molar-refractivity contribution in [3.05, 3.63) is 155 Å². The predicted molar refractivity (Wildman–Crippen MR) is 219 cm³/mol. The van der Waals surface area contributed by atoms with Gasteiger partial charge in [-0.2, -0.15) is 0 Å². The van der Waals surface area contributed by atoms with E-state index in [2.05, 4.69) is 140 Å². The molecule has 3 aromatic heterocycles. The lowest BCUT2D eigenvalue weighted by Crippen LogP contribution is -1.97. The van der Waals surface area contributed by atoms with Crippen LogP contribution in [0.15, 0.2) is 138 Å². The van der Waals surface area contributed by atoms with E-state index in [1.54, 1.807) is 0 Å². The average Bonchev–Trinajstić information content (AvgIpc) is 3.79. The number of furan rings is 1. The molecule has 246 valence electrons. The number of thiophene rings is 1. The molecule has 0 amide bonds. The van der Waals surface area contributed by atoms with E-state index < -0.39 is 0 Å². The topological polar surface area (TPSA) is 38.9 Å². The maximum Gasteiger partial charge on any atom is 0.161 e. The lowest BCUT2D eigenvalue weighted by atomic mass is 9.90. The smallest absolute Gasteiger partial charge is 0.161 e. The van der Waals surface area contributed by atoms with E-state index in [0.717, 1.165) is 81.1 Å². The van der Waals surface area contributed by atoms with Crippen molar-refractivity contribution in [2.24, 2.45) is 0 Å². The second kappa shape index (κ2) is 11.7. The van der Waals surface area contributed by atoms with Crippen LogP contribution < -0.4 is 0 Å². The summed E-state index contributed by atoms with van der Waals surface area (Å²) in [6, 6.07) is 43.4. The van der Waals surface area contributed by atoms with Gasteiger partial charge in [0.25, 0.3) is 0 Å². The van der Waals surface area contributed by atoms with Gasteiger partial charge in [-0.25, -0.2) is 9.97 Å². The summed E-state index contributed by atoms with van der Waals surface area (Å²) in [7, 11) is 0. The first-order valence-electron chi connectivity index (χ1n) is 18.1. The first-order chi connectivity index (χ1) is 25.8. The first kappa shape index (κ1) is 29.6. The monoisotopic (exact) mass is 684 g/mol. The number of fused-ring (bicyclic) bond motifs is 9. The fourth-order valence-electron chi connectivity index (χ4n) is 8.34. The van der Waals surface area contributed by atoms with Gasteiger partial charge in [-0.3, -0.25) is 0 Å². The summed E-state index contributed by atoms with van der Waals surface area (Å²) in [6.45, 7) is 0. The summed E-state index contributed by atoms with van der Waals surface area (Å²) in [5.74, 6) is 0.706. The largest absolute Gasteiger partial charge is 0.455 e. The van der Waals surface area contributed by atoms with E-state index in [0.29, 0.717) is 5.82 Å². The molecule has 0 saturated carbocycles. The van der Waals surface area contributed by atoms with Crippen molar-refractivity contribution in [3.63, 3.8) is 0 Å². The van der Waals surface area contributed by atoms with Crippen molar-refractivity contribution in [1.82, 2.24) is 9.97 Å². The van der Waals surface area contributed by atoms with Gasteiger partial charge in [0.05, 0.1) is 11.2 Å². The van der Waals surface area contributed by atoms with Crippen LogP contribution in [0.1, 0.15) is 34.4 Å². The third kappa shape index (κ3) is 4.64. The standard InChI is InChI=1S/C48H32N2OS/c1-2-11-32(12-3-1)46-38-15-6-8-16-40(38)49-48(50-46)39-26-25-35(47-45(39)44-34-13-5-4-10-30(34)23-27-41(44)51-47)31-20-18-29(19-21-31)33-22-24-37-36-14-7-9-17-42(36)52-43(37)28-33/h1-4,6,8-12,15-28H,5,7,13-14H2. The molecule has 3 nitrogen and oxygen atoms in total. The van der Waals surface area contributed by atoms with Gasteiger partial charge >= 0.3 is 0 Å². The van der Waals surface area contributed by atoms with Crippen molar-refractivity contribution in [1.29, 1.82) is 0 Å². The van der Waals surface area contributed by atoms with E-state index in [9.17, 15) is 0 Å². The minimum absolute atomic E-state index is 0.706. The van der Waals surface area contributed by atoms with Gasteiger partial charge in [-0.15, -0.1) is 11.3 Å². The van der Waals surface area contributed by atoms with Gasteiger partial charge in [0, 0.05) is 42.4 Å². The van der Waals surface area contributed by atoms with Gasteiger partial charge in [-0.1, -0.05) is 109 Å². The molecule has 0 aliphatic heterocycles. The van der Waals surface area contributed by atoms with Crippen LogP contribution in [0.5, 0.6) is 0 Å². The van der Waals surface area contributed by atoms with Gasteiger partial charge in [0.15, 0.2) is 5.82 Å². The molecule has 4 heteroatoms. The predicted octanol–water partition coefficient (Wildman–Crippen LogP) is 13.3. The number of hydrogen-bond donors (Lipinski definition) is 0. The zero-order valence-corrected chi connectivity index (χ0v) is 29.2. The highest BCUT2D eigenvalue weighted by molar-refractivity contribution is 7.20. The zero-order chi connectivity index (χ0) is 34.2. The quantitative estimate of drug-likeness (QED) is 0.185. The highest BCUT2D eigenvalue weighted by Crippen LogP contribution is 2.45. The minimum atomic E-state index is 0.706. The molecule has 2 aliphatic carbocycles. The number of aromatic nitrogens is 2. The second-order valence-electron chi connectivity index (χ2n) is 13.9. The molecule has 0 unspecified atom stereocenters. The Morgan fingerprint density at radius 1 is 0.558 bits per heavy atom. The summed E-state index contributed by atoms with van der Waals surface area (Å²) in [6.07, 6.45) is 13.4. The molecule has 9 aromatic rings. The number of aryl methyl sites for hydroxylation is 2. The molecule has 0 radical (unpaired) electrons. The number of hydrogen-bond acceptors (Lipinski definition) is 4. The summed E-state index contributed by atoms with van der Waals surface area (Å²) in [4.78, 5) is 11.9. The first-order valence-corrected chi connectivity index (χ1v) is 18.9. The van der Waals surface area contributed by atoms with E-state index in [-0.39, 0.29) is 0 Å². The van der Waals surface area contributed by atoms with Gasteiger partial charge in [0.2, 0.25) is 0 Å². The molecular weight excluding hydrogens is 653 g/mol. The summed E-state index contributed by atoms with van der Waals surface area (Å²) >= 11 is 1.91. The van der Waals surface area contributed by atoms with Crippen LogP contribution >= 0.6 is 11.3 Å². The van der Waals surface area contributed by atoms with Crippen LogP contribution in [0.25, 0.3) is 100.0 Å². The van der Waals surface area contributed by atoms with E-state index in [4.69, 9.17) is 14.4 Å². The maximum atomic E-state index is 6.89. The van der Waals surface area contributed by atoms with Crippen LogP contribution in [0.3, 0.4) is 0 Å². The SMILES string of the molecule is C1=Cc2sc3cc(-c4ccc(-c5ccc(-c6nc(-c7ccccc7)c7ccccc7n6)c6c5oc5ccc7c(c56)CCC=C7)cc4)ccc3c2CC1. The Hall–Kier alpha value is -6.10. The molecule has 3 heterocycles. The van der Waals surface area contributed by atoms with Crippen molar-refractivity contribution in [2.75, 3.05) is 0 Å². The minimum Gasteiger partial charge on any atom is -0.455 e. The third-order valence-corrected chi connectivity index (χ3v) is 12.0. The van der Waals surface area contributed by atoms with E-state index >= 15 is 0 Å². The molecule has 0 bridgehead atoms. The highest BCUT2D eigenvalue weighted by atomic mass is 32.1. The lowest BCUT2D eigenvalue weighted by Gasteiger charge is -2.14. The van der Waals surface area contributed by atoms with Gasteiger partial charge in [0.1, 0.15) is 11.2 Å². The lowest BCUT2D eigenvalue weighted by molar-refractivity contribution is 0.669. The summed E-state index contributed by atoms with van der Waals surface area (Å²) < 4.78 is 8.25. The number of nitrogens with zero attached hydrogens (tertiary/aromatic N) is 2. The van der Waals surface area contributed by atoms with Gasteiger partial charge in [-0.05, 0) is 101 Å². The maximum absolute atomic E-state index is 6.89. The van der Waals surface area contributed by atoms with Crippen molar-refractivity contribution in [3.8, 4) is 44.9 Å². The molecule has 0 fully saturated rings. The van der Waals surface area contributed by atoms with Crippen molar-refractivity contribution < 1.29 is 4.42 Å². The van der Waals surface area contributed by atoms with E-state index in [1.165, 1.54) is 48.2 Å². The highest BCUT2D eigenvalue weighted by Gasteiger charge is 2.23. The Morgan fingerprint density at radius 3 is 2.23 bits per heavy atom. The molecular formula is C48H32N2OS. The molecule has 11 rings (SSSR count). The number of para-hydroxylation sites is 1. The van der Waals surface area contributed by atoms with Crippen molar-refractivity contribution in [2.45, 2.75) is 25.7 Å². The third-order valence-electron chi connectivity index (χ3n) is 10.9. The Morgan fingerprint density at radius 2 is 1.33 bits per heavy atom. The summed E-state index contributed by atoms with van der Waals surface area (Å²) in [5, 5.41) is 4.70. The average molecular weight is 685 g/mol. The number of benzene rings is 6. The number of rotatable bonds is 4. The molecule has 2 aliphatic rings. The molecule has 0 saturated heterocycles. The van der Waals surface area contributed by atoms with Crippen LogP contribution in [-0.4, -0.2) is 9.97 Å². The fraction of sp³-hybridized carbons (Fsp3) is 0.0833. The zero-order valence-electron chi connectivity index (χ0n) is 28.4. The van der Waals surface area contributed by atoms with Crippen LogP contribution in [0.2, 0.25) is 0 Å². The van der Waals surface area contributed by atoms with Gasteiger partial charge < -0.3 is 4.42 Å². The number of allylic oxidation sites excluding steroid dienone is 2. The molecule has 6 aromatic carbocycles.